The fraction of sp³-hybridized carbons (Fsp3) is 0.231. The van der Waals surface area contributed by atoms with Gasteiger partial charge in [-0.25, -0.2) is 4.90 Å². The van der Waals surface area contributed by atoms with E-state index in [-0.39, 0.29) is 18.4 Å². The number of amides is 2. The molecule has 4 nitrogen and oxygen atoms in total. The molecule has 1 unspecified atom stereocenters. The molecule has 2 rings (SSSR count). The molecule has 5 heteroatoms. The molecule has 92 valence electrons. The summed E-state index contributed by atoms with van der Waals surface area (Å²) in [5.41, 5.74) is 0.801. The van der Waals surface area contributed by atoms with Crippen LogP contribution < -0.4 is 0 Å². The lowest BCUT2D eigenvalue weighted by Crippen LogP contribution is -2.42. The maximum atomic E-state index is 12.1. The third-order valence-corrected chi connectivity index (χ3v) is 3.16. The minimum absolute atomic E-state index is 0.0453. The van der Waals surface area contributed by atoms with Crippen molar-refractivity contribution in [3.8, 4) is 12.3 Å². The summed E-state index contributed by atoms with van der Waals surface area (Å²) in [5.74, 6) is 1.61. The molecule has 0 radical (unpaired) electrons. The molecule has 0 N–H and O–H groups in total. The monoisotopic (exact) mass is 307 g/mol. The molecule has 0 spiro atoms. The number of carbonyl (C=O) groups is 2. The second-order valence-electron chi connectivity index (χ2n) is 3.65. The smallest absolute Gasteiger partial charge is 0.263 e. The normalized spacial score (nSPS) is 15.4. The Kier molecular flexibility index (Phi) is 3.80. The number of benzene rings is 1. The number of ether oxygens (including phenoxy) is 1. The molecule has 0 aliphatic carbocycles. The molecule has 1 heterocycles. The summed E-state index contributed by atoms with van der Waals surface area (Å²) in [4.78, 5) is 25.3. The van der Waals surface area contributed by atoms with Crippen LogP contribution in [0.15, 0.2) is 24.3 Å². The van der Waals surface area contributed by atoms with Crippen LogP contribution >= 0.6 is 15.9 Å². The van der Waals surface area contributed by atoms with Gasteiger partial charge in [-0.05, 0) is 12.1 Å². The first-order valence-electron chi connectivity index (χ1n) is 5.28. The third-order valence-electron chi connectivity index (χ3n) is 2.60. The van der Waals surface area contributed by atoms with Crippen LogP contribution in [0.1, 0.15) is 20.7 Å². The number of imide groups is 1. The van der Waals surface area contributed by atoms with E-state index in [2.05, 4.69) is 21.9 Å². The number of nitrogens with zero attached hydrogens (tertiary/aromatic N) is 1. The van der Waals surface area contributed by atoms with E-state index in [9.17, 15) is 9.59 Å². The SMILES string of the molecule is C#CCOC(CBr)N1C(=O)c2ccccc2C1=O. The molecular weight excluding hydrogens is 298 g/mol. The number of fused-ring (bicyclic) bond motifs is 1. The predicted molar refractivity (Wildman–Crippen MR) is 69.3 cm³/mol. The van der Waals surface area contributed by atoms with Crippen LogP contribution in [-0.2, 0) is 4.74 Å². The Morgan fingerprint density at radius 1 is 1.28 bits per heavy atom. The first-order valence-corrected chi connectivity index (χ1v) is 6.40. The second kappa shape index (κ2) is 5.34. The molecule has 2 amide bonds. The maximum Gasteiger partial charge on any atom is 0.263 e. The van der Waals surface area contributed by atoms with Crippen LogP contribution in [-0.4, -0.2) is 34.9 Å². The van der Waals surface area contributed by atoms with Crippen molar-refractivity contribution in [3.05, 3.63) is 35.4 Å². The summed E-state index contributed by atoms with van der Waals surface area (Å²) in [6, 6.07) is 6.70. The van der Waals surface area contributed by atoms with Crippen molar-refractivity contribution in [2.45, 2.75) is 6.23 Å². The van der Waals surface area contributed by atoms with Gasteiger partial charge in [-0.3, -0.25) is 9.59 Å². The van der Waals surface area contributed by atoms with Gasteiger partial charge in [0.25, 0.3) is 11.8 Å². The average Bonchev–Trinajstić information content (AvgIpc) is 2.65. The zero-order chi connectivity index (χ0) is 13.1. The Labute approximate surface area is 113 Å². The van der Waals surface area contributed by atoms with Crippen LogP contribution in [0.2, 0.25) is 0 Å². The summed E-state index contributed by atoms with van der Waals surface area (Å²) in [5, 5.41) is 0.320. The molecule has 1 aliphatic rings. The molecule has 0 bridgehead atoms. The van der Waals surface area contributed by atoms with Crippen LogP contribution in [0, 0.1) is 12.3 Å². The Morgan fingerprint density at radius 3 is 2.28 bits per heavy atom. The Bertz CT molecular complexity index is 500. The van der Waals surface area contributed by atoms with Crippen LogP contribution in [0.5, 0.6) is 0 Å². The molecule has 0 aromatic heterocycles. The van der Waals surface area contributed by atoms with Gasteiger partial charge in [0, 0.05) is 5.33 Å². The minimum atomic E-state index is -0.687. The highest BCUT2D eigenvalue weighted by Crippen LogP contribution is 2.25. The van der Waals surface area contributed by atoms with E-state index in [1.807, 2.05) is 0 Å². The largest absolute Gasteiger partial charge is 0.344 e. The highest BCUT2D eigenvalue weighted by molar-refractivity contribution is 9.09. The lowest BCUT2D eigenvalue weighted by atomic mass is 10.1. The number of hydrogen-bond acceptors (Lipinski definition) is 3. The van der Waals surface area contributed by atoms with Crippen molar-refractivity contribution in [1.29, 1.82) is 0 Å². The molecule has 1 aromatic rings. The van der Waals surface area contributed by atoms with E-state index in [4.69, 9.17) is 11.2 Å². The first-order chi connectivity index (χ1) is 8.70. The van der Waals surface area contributed by atoms with Crippen molar-refractivity contribution in [2.75, 3.05) is 11.9 Å². The van der Waals surface area contributed by atoms with E-state index in [0.717, 1.165) is 4.90 Å². The number of carbonyl (C=O) groups excluding carboxylic acids is 2. The van der Waals surface area contributed by atoms with Crippen molar-refractivity contribution < 1.29 is 14.3 Å². The predicted octanol–water partition coefficient (Wildman–Crippen LogP) is 1.65. The van der Waals surface area contributed by atoms with Gasteiger partial charge in [0.2, 0.25) is 0 Å². The van der Waals surface area contributed by atoms with E-state index in [0.29, 0.717) is 16.5 Å². The van der Waals surface area contributed by atoms with E-state index < -0.39 is 6.23 Å². The molecule has 18 heavy (non-hydrogen) atoms. The summed E-state index contributed by atoms with van der Waals surface area (Å²) < 4.78 is 5.30. The van der Waals surface area contributed by atoms with E-state index in [1.165, 1.54) is 0 Å². The van der Waals surface area contributed by atoms with Gasteiger partial charge in [0.05, 0.1) is 11.1 Å². The van der Waals surface area contributed by atoms with Crippen LogP contribution in [0.3, 0.4) is 0 Å². The molecule has 0 saturated heterocycles. The summed E-state index contributed by atoms with van der Waals surface area (Å²) in [6.45, 7) is 0.0453. The van der Waals surface area contributed by atoms with Gasteiger partial charge in [-0.2, -0.15) is 0 Å². The zero-order valence-corrected chi connectivity index (χ0v) is 11.0. The molecule has 1 aromatic carbocycles. The average molecular weight is 308 g/mol. The van der Waals surface area contributed by atoms with Crippen LogP contribution in [0.4, 0.5) is 0 Å². The lowest BCUT2D eigenvalue weighted by Gasteiger charge is -2.23. The van der Waals surface area contributed by atoms with E-state index >= 15 is 0 Å². The molecule has 0 fully saturated rings. The number of alkyl halides is 1. The highest BCUT2D eigenvalue weighted by atomic mass is 79.9. The van der Waals surface area contributed by atoms with E-state index in [1.54, 1.807) is 24.3 Å². The highest BCUT2D eigenvalue weighted by Gasteiger charge is 2.39. The third kappa shape index (κ3) is 2.05. The van der Waals surface area contributed by atoms with Crippen LogP contribution in [0.25, 0.3) is 0 Å². The summed E-state index contributed by atoms with van der Waals surface area (Å²) in [7, 11) is 0. The molecular formula is C13H10BrNO3. The molecule has 0 saturated carbocycles. The number of halogens is 1. The standard InChI is InChI=1S/C13H10BrNO3/c1-2-7-18-11(8-14)15-12(16)9-5-3-4-6-10(9)13(15)17/h1,3-6,11H,7-8H2. The van der Waals surface area contributed by atoms with Gasteiger partial charge in [-0.1, -0.05) is 34.0 Å². The van der Waals surface area contributed by atoms with Gasteiger partial charge in [0.15, 0.2) is 6.23 Å². The van der Waals surface area contributed by atoms with Gasteiger partial charge < -0.3 is 4.74 Å². The number of rotatable bonds is 4. The zero-order valence-electron chi connectivity index (χ0n) is 9.43. The Morgan fingerprint density at radius 2 is 1.83 bits per heavy atom. The Balaban J connectivity index is 2.30. The van der Waals surface area contributed by atoms with Gasteiger partial charge >= 0.3 is 0 Å². The molecule has 1 aliphatic heterocycles. The van der Waals surface area contributed by atoms with Crippen molar-refractivity contribution in [3.63, 3.8) is 0 Å². The number of terminal acetylenes is 1. The minimum Gasteiger partial charge on any atom is -0.344 e. The molecule has 1 atom stereocenters. The van der Waals surface area contributed by atoms with Crippen molar-refractivity contribution in [1.82, 2.24) is 4.90 Å². The van der Waals surface area contributed by atoms with Crippen molar-refractivity contribution >= 4 is 27.7 Å². The Hall–Kier alpha value is -1.64. The van der Waals surface area contributed by atoms with Gasteiger partial charge in [-0.15, -0.1) is 6.42 Å². The summed E-state index contributed by atoms with van der Waals surface area (Å²) >= 11 is 3.22. The maximum absolute atomic E-state index is 12.1. The lowest BCUT2D eigenvalue weighted by molar-refractivity contribution is -0.00799. The summed E-state index contributed by atoms with van der Waals surface area (Å²) in [6.07, 6.45) is 4.42. The first kappa shape index (κ1) is 12.8. The fourth-order valence-electron chi connectivity index (χ4n) is 1.80. The van der Waals surface area contributed by atoms with Gasteiger partial charge in [0.1, 0.15) is 6.61 Å². The quantitative estimate of drug-likeness (QED) is 0.483. The van der Waals surface area contributed by atoms with Crippen molar-refractivity contribution in [2.24, 2.45) is 0 Å². The topological polar surface area (TPSA) is 46.6 Å². The second-order valence-corrected chi connectivity index (χ2v) is 4.30. The number of hydrogen-bond donors (Lipinski definition) is 0. The fourth-order valence-corrected chi connectivity index (χ4v) is 2.28.